The number of rotatable bonds is 75. The predicted molar refractivity (Wildman–Crippen MR) is 386 cm³/mol. The Morgan fingerprint density at radius 3 is 0.716 bits per heavy atom. The molecule has 5 atom stereocenters. The summed E-state index contributed by atoms with van der Waals surface area (Å²) in [4.78, 5) is 72.8. The van der Waals surface area contributed by atoms with E-state index in [9.17, 15) is 43.2 Å². The summed E-state index contributed by atoms with van der Waals surface area (Å²) in [6.45, 7) is 9.52. The quantitative estimate of drug-likeness (QED) is 0.0222. The molecule has 0 aliphatic carbocycles. The van der Waals surface area contributed by atoms with Gasteiger partial charge in [-0.2, -0.15) is 0 Å². The van der Waals surface area contributed by atoms with Crippen molar-refractivity contribution < 1.29 is 80.2 Å². The van der Waals surface area contributed by atoms with Gasteiger partial charge in [-0.05, 0) is 37.5 Å². The lowest BCUT2D eigenvalue weighted by molar-refractivity contribution is -0.161. The maximum Gasteiger partial charge on any atom is 0.472 e. The Morgan fingerprint density at radius 1 is 0.284 bits per heavy atom. The third kappa shape index (κ3) is 70.3. The summed E-state index contributed by atoms with van der Waals surface area (Å²) in [5.41, 5.74) is 0. The first-order chi connectivity index (χ1) is 45.9. The molecular formula is C76H148O17P2. The Labute approximate surface area is 581 Å². The van der Waals surface area contributed by atoms with E-state index in [2.05, 4.69) is 41.5 Å². The fourth-order valence-corrected chi connectivity index (χ4v) is 13.2. The third-order valence-corrected chi connectivity index (χ3v) is 19.6. The highest BCUT2D eigenvalue weighted by atomic mass is 31.2. The zero-order valence-corrected chi connectivity index (χ0v) is 63.8. The van der Waals surface area contributed by atoms with Crippen molar-refractivity contribution in [1.82, 2.24) is 0 Å². The van der Waals surface area contributed by atoms with Gasteiger partial charge in [0.05, 0.1) is 26.4 Å². The first-order valence-electron chi connectivity index (χ1n) is 39.5. The number of aliphatic hydroxyl groups is 1. The van der Waals surface area contributed by atoms with Crippen LogP contribution in [0.4, 0.5) is 0 Å². The lowest BCUT2D eigenvalue weighted by Gasteiger charge is -2.21. The van der Waals surface area contributed by atoms with E-state index in [1.54, 1.807) is 0 Å². The summed E-state index contributed by atoms with van der Waals surface area (Å²) < 4.78 is 68.5. The first-order valence-corrected chi connectivity index (χ1v) is 42.5. The van der Waals surface area contributed by atoms with Crippen LogP contribution in [0.25, 0.3) is 0 Å². The summed E-state index contributed by atoms with van der Waals surface area (Å²) >= 11 is 0. The minimum atomic E-state index is -4.96. The number of ether oxygens (including phenoxy) is 4. The van der Waals surface area contributed by atoms with E-state index < -0.39 is 97.5 Å². The van der Waals surface area contributed by atoms with E-state index >= 15 is 0 Å². The van der Waals surface area contributed by atoms with Gasteiger partial charge in [0.25, 0.3) is 0 Å². The van der Waals surface area contributed by atoms with Gasteiger partial charge < -0.3 is 33.8 Å². The number of unbranched alkanes of at least 4 members (excludes halogenated alkanes) is 45. The number of carbonyl (C=O) groups is 4. The molecule has 0 heterocycles. The first kappa shape index (κ1) is 93.1. The number of aliphatic hydroxyl groups excluding tert-OH is 1. The summed E-state index contributed by atoms with van der Waals surface area (Å²) in [5.74, 6) is -0.672. The third-order valence-electron chi connectivity index (χ3n) is 17.7. The Balaban J connectivity index is 5.24. The normalized spacial score (nSPS) is 14.0. The molecule has 0 aromatic rings. The fourth-order valence-electron chi connectivity index (χ4n) is 11.7. The highest BCUT2D eigenvalue weighted by Crippen LogP contribution is 2.45. The van der Waals surface area contributed by atoms with Crippen LogP contribution >= 0.6 is 15.6 Å². The molecule has 0 aromatic carbocycles. The van der Waals surface area contributed by atoms with Crippen LogP contribution in [0, 0.1) is 11.8 Å². The average Bonchev–Trinajstić information content (AvgIpc) is 1.74. The van der Waals surface area contributed by atoms with Gasteiger partial charge in [0.15, 0.2) is 12.2 Å². The molecule has 2 unspecified atom stereocenters. The summed E-state index contributed by atoms with van der Waals surface area (Å²) in [6.07, 6.45) is 55.6. The van der Waals surface area contributed by atoms with Crippen LogP contribution in [0.1, 0.15) is 395 Å². The van der Waals surface area contributed by atoms with Gasteiger partial charge in [-0.1, -0.05) is 343 Å². The molecule has 0 saturated carbocycles. The molecule has 0 aliphatic rings. The van der Waals surface area contributed by atoms with Crippen molar-refractivity contribution in [1.29, 1.82) is 0 Å². The van der Waals surface area contributed by atoms with Crippen LogP contribution in [0.5, 0.6) is 0 Å². The second kappa shape index (κ2) is 67.9. The molecule has 19 heteroatoms. The zero-order valence-electron chi connectivity index (χ0n) is 62.0. The Morgan fingerprint density at radius 2 is 0.484 bits per heavy atom. The minimum absolute atomic E-state index is 0.104. The largest absolute Gasteiger partial charge is 0.472 e. The number of esters is 4. The van der Waals surface area contributed by atoms with Gasteiger partial charge in [-0.15, -0.1) is 0 Å². The van der Waals surface area contributed by atoms with Crippen LogP contribution < -0.4 is 0 Å². The van der Waals surface area contributed by atoms with Crippen LogP contribution in [0.15, 0.2) is 0 Å². The topological polar surface area (TPSA) is 237 Å². The monoisotopic (exact) mass is 1400 g/mol. The van der Waals surface area contributed by atoms with Gasteiger partial charge in [0.2, 0.25) is 0 Å². The summed E-state index contributed by atoms with van der Waals surface area (Å²) in [7, 11) is -9.91. The minimum Gasteiger partial charge on any atom is -0.462 e. The van der Waals surface area contributed by atoms with E-state index in [0.717, 1.165) is 102 Å². The molecule has 95 heavy (non-hydrogen) atoms. The molecule has 0 aliphatic heterocycles. The molecule has 0 radical (unpaired) electrons. The Bertz CT molecular complexity index is 1840. The molecule has 0 amide bonds. The van der Waals surface area contributed by atoms with Gasteiger partial charge in [-0.25, -0.2) is 9.13 Å². The number of hydrogen-bond donors (Lipinski definition) is 3. The average molecular weight is 1400 g/mol. The second-order valence-corrected chi connectivity index (χ2v) is 31.3. The second-order valence-electron chi connectivity index (χ2n) is 28.3. The molecule has 0 saturated heterocycles. The van der Waals surface area contributed by atoms with Crippen molar-refractivity contribution in [3.05, 3.63) is 0 Å². The van der Waals surface area contributed by atoms with E-state index in [0.29, 0.717) is 25.7 Å². The lowest BCUT2D eigenvalue weighted by Crippen LogP contribution is -2.30. The summed E-state index contributed by atoms with van der Waals surface area (Å²) in [6, 6.07) is 0. The van der Waals surface area contributed by atoms with Crippen molar-refractivity contribution >= 4 is 39.5 Å². The number of phosphoric acid groups is 2. The van der Waals surface area contributed by atoms with Crippen LogP contribution in [-0.4, -0.2) is 96.7 Å². The zero-order chi connectivity index (χ0) is 70.0. The van der Waals surface area contributed by atoms with Crippen molar-refractivity contribution in [2.75, 3.05) is 39.6 Å². The van der Waals surface area contributed by atoms with Gasteiger partial charge >= 0.3 is 39.5 Å². The van der Waals surface area contributed by atoms with E-state index in [4.69, 9.17) is 37.0 Å². The van der Waals surface area contributed by atoms with Gasteiger partial charge in [0.1, 0.15) is 19.3 Å². The Kier molecular flexibility index (Phi) is 66.5. The molecule has 0 fully saturated rings. The van der Waals surface area contributed by atoms with Crippen molar-refractivity contribution in [3.8, 4) is 0 Å². The standard InChI is InChI=1S/C76H148O17P2/c1-7-9-11-13-15-17-19-21-23-25-27-29-31-33-42-48-54-60-75(80)92-71(64-86-73(78)58-52-46-40-32-30-28-26-24-22-20-18-16-14-12-10-8-2)66-90-94(82,83)88-62-70(77)63-89-95(84,85)91-67-72(93-76(81)61-55-49-43-37-35-39-45-51-57-69(5)6)65-87-74(79)59-53-47-41-36-34-38-44-50-56-68(3)4/h68-72,77H,7-67H2,1-6H3,(H,82,83)(H,84,85)/t70-,71-,72-/m1/s1. The molecule has 0 bridgehead atoms. The Hall–Kier alpha value is -1.94. The van der Waals surface area contributed by atoms with E-state index in [1.165, 1.54) is 212 Å². The highest BCUT2D eigenvalue weighted by molar-refractivity contribution is 7.47. The van der Waals surface area contributed by atoms with Gasteiger partial charge in [-0.3, -0.25) is 37.3 Å². The van der Waals surface area contributed by atoms with Crippen molar-refractivity contribution in [3.63, 3.8) is 0 Å². The van der Waals surface area contributed by atoms with E-state index in [1.807, 2.05) is 0 Å². The molecule has 564 valence electrons. The number of hydrogen-bond acceptors (Lipinski definition) is 15. The maximum atomic E-state index is 13.1. The summed E-state index contributed by atoms with van der Waals surface area (Å²) in [5, 5.41) is 10.6. The number of carbonyl (C=O) groups excluding carboxylic acids is 4. The molecular weight excluding hydrogens is 1250 g/mol. The smallest absolute Gasteiger partial charge is 0.462 e. The molecule has 0 rings (SSSR count). The lowest BCUT2D eigenvalue weighted by atomic mass is 10.0. The van der Waals surface area contributed by atoms with Gasteiger partial charge in [0, 0.05) is 25.7 Å². The fraction of sp³-hybridized carbons (Fsp3) is 0.947. The predicted octanol–water partition coefficient (Wildman–Crippen LogP) is 22.3. The number of phosphoric ester groups is 2. The maximum absolute atomic E-state index is 13.1. The van der Waals surface area contributed by atoms with E-state index in [-0.39, 0.29) is 25.7 Å². The van der Waals surface area contributed by atoms with Crippen LogP contribution in [-0.2, 0) is 65.4 Å². The molecule has 0 aromatic heterocycles. The molecule has 17 nitrogen and oxygen atoms in total. The van der Waals surface area contributed by atoms with Crippen LogP contribution in [0.2, 0.25) is 0 Å². The van der Waals surface area contributed by atoms with Crippen molar-refractivity contribution in [2.45, 2.75) is 413 Å². The van der Waals surface area contributed by atoms with Crippen molar-refractivity contribution in [2.24, 2.45) is 11.8 Å². The SMILES string of the molecule is CCCCCCCCCCCCCCCCCCCC(=O)O[C@H](COC(=O)CCCCCCCCCCCCCCCCCC)COP(=O)(O)OC[C@@H](O)COP(=O)(O)OC[C@@H](COC(=O)CCCCCCCCCCC(C)C)OC(=O)CCCCCCCCCCC(C)C. The highest BCUT2D eigenvalue weighted by Gasteiger charge is 2.30. The van der Waals surface area contributed by atoms with Crippen LogP contribution in [0.3, 0.4) is 0 Å². The molecule has 3 N–H and O–H groups in total. The molecule has 0 spiro atoms.